The summed E-state index contributed by atoms with van der Waals surface area (Å²) in [5.41, 5.74) is 3.36. The Labute approximate surface area is 174 Å². The fraction of sp³-hybridized carbons (Fsp3) is 0.600. The molecular weight excluding hydrogens is 437 g/mol. The number of pyridine rings is 1. The molecule has 1 fully saturated rings. The van der Waals surface area contributed by atoms with Crippen LogP contribution in [0.25, 0.3) is 5.65 Å². The molecule has 2 N–H and O–H groups in total. The average Bonchev–Trinajstić information content (AvgIpc) is 2.97. The third-order valence-corrected chi connectivity index (χ3v) is 5.14. The number of halogens is 1. The van der Waals surface area contributed by atoms with Crippen molar-refractivity contribution < 1.29 is 0 Å². The molecule has 0 radical (unpaired) electrons. The summed E-state index contributed by atoms with van der Waals surface area (Å²) in [6.07, 6.45) is 8.87. The van der Waals surface area contributed by atoms with Crippen LogP contribution in [0.1, 0.15) is 44.4 Å². The number of aryl methyl sites for hydroxylation is 1. The molecule has 1 aliphatic carbocycles. The number of hydrogen-bond acceptors (Lipinski definition) is 2. The van der Waals surface area contributed by atoms with Gasteiger partial charge in [-0.3, -0.25) is 4.99 Å². The Morgan fingerprint density at radius 2 is 2.00 bits per heavy atom. The number of rotatable bonds is 4. The van der Waals surface area contributed by atoms with Crippen molar-refractivity contribution in [2.75, 3.05) is 13.6 Å². The first-order chi connectivity index (χ1) is 12.0. The summed E-state index contributed by atoms with van der Waals surface area (Å²) in [6.45, 7) is 7.64. The highest BCUT2D eigenvalue weighted by Gasteiger charge is 2.24. The molecule has 0 amide bonds. The molecule has 0 bridgehead atoms. The zero-order valence-corrected chi connectivity index (χ0v) is 18.7. The summed E-state index contributed by atoms with van der Waals surface area (Å²) in [7, 11) is 1.85. The number of aromatic nitrogens is 2. The van der Waals surface area contributed by atoms with Crippen LogP contribution in [0.15, 0.2) is 29.5 Å². The van der Waals surface area contributed by atoms with Crippen molar-refractivity contribution in [3.8, 4) is 0 Å². The smallest absolute Gasteiger partial charge is 0.191 e. The predicted octanol–water partition coefficient (Wildman–Crippen LogP) is 3.79. The van der Waals surface area contributed by atoms with Crippen LogP contribution < -0.4 is 10.6 Å². The van der Waals surface area contributed by atoms with Crippen molar-refractivity contribution in [2.45, 2.75) is 52.5 Å². The molecule has 1 aliphatic rings. The number of guanidine groups is 1. The minimum Gasteiger partial charge on any atom is -0.356 e. The quantitative estimate of drug-likeness (QED) is 0.407. The van der Waals surface area contributed by atoms with Gasteiger partial charge in [-0.15, -0.1) is 24.0 Å². The van der Waals surface area contributed by atoms with Gasteiger partial charge < -0.3 is 15.0 Å². The number of aliphatic imine (C=N–C) groups is 1. The van der Waals surface area contributed by atoms with Crippen LogP contribution in [0.5, 0.6) is 0 Å². The summed E-state index contributed by atoms with van der Waals surface area (Å²) < 4.78 is 2.10. The van der Waals surface area contributed by atoms with Gasteiger partial charge in [-0.05, 0) is 49.7 Å². The summed E-state index contributed by atoms with van der Waals surface area (Å²) in [4.78, 5) is 9.12. The van der Waals surface area contributed by atoms with E-state index in [2.05, 4.69) is 65.3 Å². The van der Waals surface area contributed by atoms with E-state index in [1.165, 1.54) is 24.8 Å². The van der Waals surface area contributed by atoms with Gasteiger partial charge >= 0.3 is 0 Å². The van der Waals surface area contributed by atoms with Crippen molar-refractivity contribution in [3.63, 3.8) is 0 Å². The Morgan fingerprint density at radius 1 is 1.27 bits per heavy atom. The Balaban J connectivity index is 0.00000243. The number of hydrogen-bond donors (Lipinski definition) is 2. The van der Waals surface area contributed by atoms with Crippen LogP contribution in [-0.4, -0.2) is 35.0 Å². The normalized spacial score (nSPS) is 23.5. The second-order valence-corrected chi connectivity index (χ2v) is 7.66. The summed E-state index contributed by atoms with van der Waals surface area (Å²) >= 11 is 0. The van der Waals surface area contributed by atoms with Gasteiger partial charge in [-0.2, -0.15) is 0 Å². The lowest BCUT2D eigenvalue weighted by molar-refractivity contribution is 0.255. The highest BCUT2D eigenvalue weighted by atomic mass is 127. The Kier molecular flexibility index (Phi) is 7.73. The minimum absolute atomic E-state index is 0. The van der Waals surface area contributed by atoms with E-state index >= 15 is 0 Å². The van der Waals surface area contributed by atoms with E-state index in [0.717, 1.165) is 42.1 Å². The molecule has 0 saturated heterocycles. The molecule has 6 heteroatoms. The van der Waals surface area contributed by atoms with Crippen molar-refractivity contribution >= 4 is 35.6 Å². The molecule has 2 aromatic rings. The molecule has 26 heavy (non-hydrogen) atoms. The zero-order chi connectivity index (χ0) is 17.8. The predicted molar refractivity (Wildman–Crippen MR) is 120 cm³/mol. The molecule has 3 rings (SSSR count). The Morgan fingerprint density at radius 3 is 2.65 bits per heavy atom. The van der Waals surface area contributed by atoms with Crippen molar-refractivity contribution in [3.05, 3.63) is 35.8 Å². The minimum atomic E-state index is 0. The van der Waals surface area contributed by atoms with Gasteiger partial charge in [-0.1, -0.05) is 19.9 Å². The summed E-state index contributed by atoms with van der Waals surface area (Å²) in [5.74, 6) is 2.49. The molecule has 2 atom stereocenters. The topological polar surface area (TPSA) is 53.7 Å². The highest BCUT2D eigenvalue weighted by Crippen LogP contribution is 2.28. The van der Waals surface area contributed by atoms with Crippen molar-refractivity contribution in [2.24, 2.45) is 16.8 Å². The maximum absolute atomic E-state index is 4.73. The SMILES string of the molecule is CN=C(NCCc1cn2cccc(C)c2n1)NC1CC(C)CC(C)C1.I. The molecule has 144 valence electrons. The lowest BCUT2D eigenvalue weighted by atomic mass is 9.80. The van der Waals surface area contributed by atoms with Gasteiger partial charge in [-0.25, -0.2) is 4.98 Å². The van der Waals surface area contributed by atoms with E-state index in [-0.39, 0.29) is 24.0 Å². The first-order valence-corrected chi connectivity index (χ1v) is 9.45. The second kappa shape index (κ2) is 9.58. The number of nitrogens with one attached hydrogen (secondary N) is 2. The zero-order valence-electron chi connectivity index (χ0n) is 16.3. The van der Waals surface area contributed by atoms with Gasteiger partial charge in [0, 0.05) is 38.4 Å². The van der Waals surface area contributed by atoms with Crippen LogP contribution in [0.2, 0.25) is 0 Å². The average molecular weight is 469 g/mol. The first kappa shape index (κ1) is 21.0. The van der Waals surface area contributed by atoms with Crippen molar-refractivity contribution in [1.29, 1.82) is 0 Å². The third-order valence-electron chi connectivity index (χ3n) is 5.14. The highest BCUT2D eigenvalue weighted by molar-refractivity contribution is 14.0. The van der Waals surface area contributed by atoms with Gasteiger partial charge in [0.1, 0.15) is 5.65 Å². The van der Waals surface area contributed by atoms with Crippen LogP contribution in [0.4, 0.5) is 0 Å². The molecule has 2 unspecified atom stereocenters. The first-order valence-electron chi connectivity index (χ1n) is 9.45. The van der Waals surface area contributed by atoms with Gasteiger partial charge in [0.15, 0.2) is 5.96 Å². The summed E-state index contributed by atoms with van der Waals surface area (Å²) in [5, 5.41) is 7.05. The van der Waals surface area contributed by atoms with E-state index in [0.29, 0.717) is 6.04 Å². The van der Waals surface area contributed by atoms with Crippen LogP contribution in [-0.2, 0) is 6.42 Å². The fourth-order valence-electron chi connectivity index (χ4n) is 4.09. The van der Waals surface area contributed by atoms with E-state index in [1.807, 2.05) is 7.05 Å². The van der Waals surface area contributed by atoms with E-state index in [1.54, 1.807) is 0 Å². The lowest BCUT2D eigenvalue weighted by Gasteiger charge is -2.32. The van der Waals surface area contributed by atoms with Crippen LogP contribution in [0, 0.1) is 18.8 Å². The molecule has 1 saturated carbocycles. The maximum Gasteiger partial charge on any atom is 0.191 e. The van der Waals surface area contributed by atoms with Crippen molar-refractivity contribution in [1.82, 2.24) is 20.0 Å². The molecule has 0 aromatic carbocycles. The number of fused-ring (bicyclic) bond motifs is 1. The summed E-state index contributed by atoms with van der Waals surface area (Å²) in [6, 6.07) is 4.69. The Bertz CT molecular complexity index is 729. The molecule has 2 aromatic heterocycles. The maximum atomic E-state index is 4.73. The number of imidazole rings is 1. The molecule has 5 nitrogen and oxygen atoms in total. The Hall–Kier alpha value is -1.31. The molecule has 2 heterocycles. The monoisotopic (exact) mass is 469 g/mol. The second-order valence-electron chi connectivity index (χ2n) is 7.66. The van der Waals surface area contributed by atoms with Gasteiger partial charge in [0.25, 0.3) is 0 Å². The lowest BCUT2D eigenvalue weighted by Crippen LogP contribution is -2.46. The van der Waals surface area contributed by atoms with Crippen LogP contribution in [0.3, 0.4) is 0 Å². The molecule has 0 spiro atoms. The number of nitrogens with zero attached hydrogens (tertiary/aromatic N) is 3. The third kappa shape index (κ3) is 5.34. The largest absolute Gasteiger partial charge is 0.356 e. The van der Waals surface area contributed by atoms with E-state index in [4.69, 9.17) is 4.98 Å². The molecular formula is C20H32IN5. The van der Waals surface area contributed by atoms with Gasteiger partial charge in [0.05, 0.1) is 5.69 Å². The molecule has 0 aliphatic heterocycles. The fourth-order valence-corrected chi connectivity index (χ4v) is 4.09. The van der Waals surface area contributed by atoms with Crippen LogP contribution >= 0.6 is 24.0 Å². The van der Waals surface area contributed by atoms with E-state index in [9.17, 15) is 0 Å². The van der Waals surface area contributed by atoms with E-state index < -0.39 is 0 Å². The standard InChI is InChI=1S/C20H31N5.HI/c1-14-10-15(2)12-18(11-14)24-20(21-4)22-8-7-17-13-25-9-5-6-16(3)19(25)23-17;/h5-6,9,13-15,18H,7-8,10-12H2,1-4H3,(H2,21,22,24);1H. The van der Waals surface area contributed by atoms with Gasteiger partial charge in [0.2, 0.25) is 0 Å².